The quantitative estimate of drug-likeness (QED) is 0.108. The summed E-state index contributed by atoms with van der Waals surface area (Å²) in [4.78, 5) is 15.7. The maximum atomic E-state index is 13.3. The Balaban J connectivity index is 1.14. The number of fused-ring (bicyclic) bond motifs is 5. The fourth-order valence-corrected chi connectivity index (χ4v) is 11.3. The molecule has 0 radical (unpaired) electrons. The van der Waals surface area contributed by atoms with Crippen LogP contribution in [0.15, 0.2) is 18.2 Å². The van der Waals surface area contributed by atoms with Crippen molar-refractivity contribution in [3.05, 3.63) is 34.9 Å². The van der Waals surface area contributed by atoms with Crippen molar-refractivity contribution in [1.29, 1.82) is 0 Å². The lowest BCUT2D eigenvalue weighted by Gasteiger charge is -2.50. The van der Waals surface area contributed by atoms with Gasteiger partial charge in [0.15, 0.2) is 5.78 Å². The first-order valence-electron chi connectivity index (χ1n) is 18.2. The van der Waals surface area contributed by atoms with Gasteiger partial charge >= 0.3 is 12.4 Å². The molecule has 0 bridgehead atoms. The molecule has 0 aromatic heterocycles. The summed E-state index contributed by atoms with van der Waals surface area (Å²) in [5.74, 6) is 3.77. The van der Waals surface area contributed by atoms with E-state index in [0.717, 1.165) is 81.4 Å². The standard InChI is InChI=1S/C36H51F6NO3S2/c1-4-5-16-43(26-14-19-47-48-23-26)22-27(44)21-24-7-9-28-25(20-24)8-10-30-29(28)13-15-33(2)31(30)11-12-32(33)45-17-6-18-46-34(3,35(37,38)39)36(40,41)42/h7,9,20,26,29-32H,4-6,8,10-19,21-23H2,1-3H3/i1D. The van der Waals surface area contributed by atoms with Crippen LogP contribution < -0.4 is 0 Å². The number of nitrogens with zero attached hydrogens (tertiary/aromatic N) is 1. The zero-order valence-corrected chi connectivity index (χ0v) is 29.7. The molecule has 12 heteroatoms. The van der Waals surface area contributed by atoms with E-state index in [4.69, 9.17) is 6.11 Å². The molecule has 1 aromatic rings. The predicted molar refractivity (Wildman–Crippen MR) is 180 cm³/mol. The lowest BCUT2D eigenvalue weighted by molar-refractivity contribution is -0.374. The number of hydrogen-bond acceptors (Lipinski definition) is 6. The normalized spacial score (nSPS) is 29.7. The van der Waals surface area contributed by atoms with E-state index in [0.29, 0.717) is 43.7 Å². The molecule has 0 amide bonds. The highest BCUT2D eigenvalue weighted by atomic mass is 33.1. The van der Waals surface area contributed by atoms with Crippen LogP contribution >= 0.6 is 21.6 Å². The molecule has 4 aliphatic rings. The summed E-state index contributed by atoms with van der Waals surface area (Å²) in [5.41, 5.74) is -0.471. The molecule has 6 atom stereocenters. The molecule has 3 aliphatic carbocycles. The number of hydrogen-bond donors (Lipinski definition) is 0. The van der Waals surface area contributed by atoms with E-state index in [1.165, 1.54) is 11.1 Å². The van der Waals surface area contributed by atoms with Crippen LogP contribution in [0.3, 0.4) is 0 Å². The molecule has 1 saturated heterocycles. The van der Waals surface area contributed by atoms with Gasteiger partial charge in [-0.25, -0.2) is 0 Å². The Labute approximate surface area is 291 Å². The third kappa shape index (κ3) is 8.23. The minimum atomic E-state index is -5.56. The molecule has 1 heterocycles. The van der Waals surface area contributed by atoms with Crippen LogP contribution in [-0.4, -0.2) is 78.6 Å². The first-order valence-corrected chi connectivity index (χ1v) is 20.0. The molecular weight excluding hydrogens is 673 g/mol. The minimum absolute atomic E-state index is 0.0348. The van der Waals surface area contributed by atoms with E-state index in [2.05, 4.69) is 34.8 Å². The second-order valence-electron chi connectivity index (χ2n) is 14.6. The van der Waals surface area contributed by atoms with Gasteiger partial charge < -0.3 is 9.47 Å². The Kier molecular flexibility index (Phi) is 12.1. The lowest BCUT2D eigenvalue weighted by Crippen LogP contribution is -2.56. The molecule has 0 N–H and O–H groups in total. The summed E-state index contributed by atoms with van der Waals surface area (Å²) < 4.78 is 96.9. The zero-order chi connectivity index (χ0) is 35.5. The minimum Gasteiger partial charge on any atom is -0.378 e. The highest BCUT2D eigenvalue weighted by Gasteiger charge is 2.69. The third-order valence-electron chi connectivity index (χ3n) is 11.7. The monoisotopic (exact) mass is 724 g/mol. The predicted octanol–water partition coefficient (Wildman–Crippen LogP) is 9.59. The van der Waals surface area contributed by atoms with Crippen molar-refractivity contribution < 1.29 is 42.0 Å². The number of Topliss-reactive ketones (excluding diaryl/α,β-unsaturated/α-hetero) is 1. The van der Waals surface area contributed by atoms with Gasteiger partial charge in [0.2, 0.25) is 0 Å². The van der Waals surface area contributed by atoms with Crippen LogP contribution in [0, 0.1) is 17.3 Å². The number of rotatable bonds is 14. The number of benzene rings is 1. The van der Waals surface area contributed by atoms with E-state index in [9.17, 15) is 31.1 Å². The van der Waals surface area contributed by atoms with Crippen molar-refractivity contribution in [1.82, 2.24) is 4.90 Å². The van der Waals surface area contributed by atoms with Gasteiger partial charge in [-0.1, -0.05) is 60.0 Å². The van der Waals surface area contributed by atoms with Gasteiger partial charge in [0.1, 0.15) is 0 Å². The molecule has 4 nitrogen and oxygen atoms in total. The summed E-state index contributed by atoms with van der Waals surface area (Å²) >= 11 is 0. The Bertz CT molecular complexity index is 1250. The molecule has 0 spiro atoms. The molecular formula is C36H51F6NO3S2. The van der Waals surface area contributed by atoms with E-state index in [1.54, 1.807) is 0 Å². The number of ketones is 1. The van der Waals surface area contributed by atoms with Crippen molar-refractivity contribution in [3.8, 4) is 0 Å². The van der Waals surface area contributed by atoms with Crippen LogP contribution in [-0.2, 0) is 27.1 Å². The zero-order valence-electron chi connectivity index (χ0n) is 29.1. The molecule has 1 aliphatic heterocycles. The highest BCUT2D eigenvalue weighted by Crippen LogP contribution is 2.61. The van der Waals surface area contributed by atoms with E-state index < -0.39 is 24.6 Å². The fraction of sp³-hybridized carbons (Fsp3) is 0.806. The van der Waals surface area contributed by atoms with Gasteiger partial charge in [-0.3, -0.25) is 9.69 Å². The molecule has 1 aromatic carbocycles. The van der Waals surface area contributed by atoms with E-state index in [-0.39, 0.29) is 37.3 Å². The number of alkyl halides is 6. The van der Waals surface area contributed by atoms with E-state index in [1.807, 2.05) is 21.6 Å². The summed E-state index contributed by atoms with van der Waals surface area (Å²) in [6.45, 7) is 3.40. The smallest absolute Gasteiger partial charge is 0.378 e. The fourth-order valence-electron chi connectivity index (χ4n) is 8.81. The topological polar surface area (TPSA) is 38.8 Å². The van der Waals surface area contributed by atoms with Gasteiger partial charge in [0.25, 0.3) is 5.60 Å². The van der Waals surface area contributed by atoms with Gasteiger partial charge in [0, 0.05) is 31.9 Å². The van der Waals surface area contributed by atoms with E-state index >= 15 is 0 Å². The van der Waals surface area contributed by atoms with Gasteiger partial charge in [-0.15, -0.1) is 0 Å². The maximum absolute atomic E-state index is 13.3. The number of aryl methyl sites for hydroxylation is 1. The average Bonchev–Trinajstić information content (AvgIpc) is 3.39. The maximum Gasteiger partial charge on any atom is 0.426 e. The molecule has 48 heavy (non-hydrogen) atoms. The second-order valence-corrected chi connectivity index (χ2v) is 17.2. The van der Waals surface area contributed by atoms with Crippen LogP contribution in [0.1, 0.15) is 103 Å². The van der Waals surface area contributed by atoms with Crippen LogP contribution in [0.5, 0.6) is 0 Å². The number of ether oxygens (including phenoxy) is 2. The molecule has 3 fully saturated rings. The summed E-state index contributed by atoms with van der Waals surface area (Å²) in [7, 11) is 3.80. The molecule has 5 rings (SSSR count). The van der Waals surface area contributed by atoms with Crippen LogP contribution in [0.2, 0.25) is 0 Å². The van der Waals surface area contributed by atoms with Gasteiger partial charge in [-0.2, -0.15) is 26.3 Å². The van der Waals surface area contributed by atoms with Crippen molar-refractivity contribution in [3.63, 3.8) is 0 Å². The Hall–Kier alpha value is -0.950. The largest absolute Gasteiger partial charge is 0.426 e. The molecule has 6 unspecified atom stereocenters. The van der Waals surface area contributed by atoms with Gasteiger partial charge in [0.05, 0.1) is 19.3 Å². The first kappa shape index (κ1) is 36.8. The lowest BCUT2D eigenvalue weighted by atomic mass is 9.55. The summed E-state index contributed by atoms with van der Waals surface area (Å²) in [6.07, 6.45) is -2.11. The van der Waals surface area contributed by atoms with Crippen molar-refractivity contribution in [2.75, 3.05) is 37.8 Å². The molecule has 2 saturated carbocycles. The Morgan fingerprint density at radius 2 is 1.83 bits per heavy atom. The highest BCUT2D eigenvalue weighted by molar-refractivity contribution is 8.76. The summed E-state index contributed by atoms with van der Waals surface area (Å²) in [5, 5.41) is 0. The number of halogens is 6. The van der Waals surface area contributed by atoms with Crippen molar-refractivity contribution in [2.45, 2.75) is 127 Å². The molecule has 272 valence electrons. The van der Waals surface area contributed by atoms with Crippen molar-refractivity contribution >= 4 is 27.4 Å². The van der Waals surface area contributed by atoms with Crippen molar-refractivity contribution in [2.24, 2.45) is 17.3 Å². The number of unbranched alkanes of at least 4 members (excludes halogenated alkanes) is 1. The number of carbonyl (C=O) groups is 1. The number of carbonyl (C=O) groups excluding carboxylic acids is 1. The van der Waals surface area contributed by atoms with Crippen LogP contribution in [0.4, 0.5) is 26.3 Å². The third-order valence-corrected chi connectivity index (χ3v) is 14.2. The Morgan fingerprint density at radius 3 is 2.54 bits per heavy atom. The van der Waals surface area contributed by atoms with Crippen LogP contribution in [0.25, 0.3) is 0 Å². The second kappa shape index (κ2) is 15.7. The van der Waals surface area contributed by atoms with Gasteiger partial charge in [-0.05, 0) is 111 Å². The Morgan fingerprint density at radius 1 is 1.04 bits per heavy atom. The summed E-state index contributed by atoms with van der Waals surface area (Å²) in [6, 6.07) is 7.05. The average molecular weight is 725 g/mol. The first-order chi connectivity index (χ1) is 23.2. The SMILES string of the molecule is [2H]CCCCN(CC(=O)Cc1ccc2c(c1)CCC1C2CCC2(C)C(OCCCOC(C)(C(F)(F)F)C(F)(F)F)CCC12)C1CCSSC1.